The molecular formula is C11H14FNO3. The molecule has 1 aromatic rings. The van der Waals surface area contributed by atoms with Gasteiger partial charge in [-0.05, 0) is 19.1 Å². The topological polar surface area (TPSA) is 47.6 Å². The molecular weight excluding hydrogens is 213 g/mol. The summed E-state index contributed by atoms with van der Waals surface area (Å²) in [6.45, 7) is 1.62. The minimum Gasteiger partial charge on any atom is -0.494 e. The lowest BCUT2D eigenvalue weighted by atomic mass is 10.2. The van der Waals surface area contributed by atoms with Crippen LogP contribution in [0.15, 0.2) is 18.2 Å². The number of carbonyl (C=O) groups excluding carboxylic acids is 1. The molecule has 1 amide bonds. The second-order valence-electron chi connectivity index (χ2n) is 3.22. The average molecular weight is 227 g/mol. The van der Waals surface area contributed by atoms with Crippen molar-refractivity contribution in [3.63, 3.8) is 0 Å². The zero-order chi connectivity index (χ0) is 12.1. The maximum atomic E-state index is 13.1. The Morgan fingerprint density at radius 3 is 2.69 bits per heavy atom. The van der Waals surface area contributed by atoms with Crippen molar-refractivity contribution in [1.29, 1.82) is 0 Å². The van der Waals surface area contributed by atoms with Crippen LogP contribution in [0.2, 0.25) is 0 Å². The molecule has 0 radical (unpaired) electrons. The van der Waals surface area contributed by atoms with E-state index in [2.05, 4.69) is 5.32 Å². The van der Waals surface area contributed by atoms with Crippen molar-refractivity contribution in [3.8, 4) is 5.75 Å². The van der Waals surface area contributed by atoms with Crippen molar-refractivity contribution in [2.24, 2.45) is 0 Å². The van der Waals surface area contributed by atoms with Gasteiger partial charge in [0.25, 0.3) is 5.91 Å². The van der Waals surface area contributed by atoms with Crippen molar-refractivity contribution in [1.82, 2.24) is 0 Å². The van der Waals surface area contributed by atoms with Gasteiger partial charge in [-0.2, -0.15) is 0 Å². The fourth-order valence-electron chi connectivity index (χ4n) is 1.09. The molecule has 0 saturated carbocycles. The van der Waals surface area contributed by atoms with E-state index in [9.17, 15) is 9.18 Å². The Morgan fingerprint density at radius 1 is 1.44 bits per heavy atom. The van der Waals surface area contributed by atoms with E-state index >= 15 is 0 Å². The van der Waals surface area contributed by atoms with E-state index in [0.29, 0.717) is 5.69 Å². The normalized spacial score (nSPS) is 12.0. The first-order valence-corrected chi connectivity index (χ1v) is 4.75. The fraction of sp³-hybridized carbons (Fsp3) is 0.364. The molecule has 0 saturated heterocycles. The van der Waals surface area contributed by atoms with Gasteiger partial charge in [0.05, 0.1) is 7.11 Å². The number of hydrogen-bond acceptors (Lipinski definition) is 3. The quantitative estimate of drug-likeness (QED) is 0.853. The number of nitrogens with one attached hydrogen (secondary N) is 1. The second-order valence-corrected chi connectivity index (χ2v) is 3.22. The molecule has 4 nitrogen and oxygen atoms in total. The Kier molecular flexibility index (Phi) is 4.25. The Labute approximate surface area is 93.4 Å². The number of benzene rings is 1. The lowest BCUT2D eigenvalue weighted by Crippen LogP contribution is -2.26. The minimum atomic E-state index is -0.559. The summed E-state index contributed by atoms with van der Waals surface area (Å²) in [6.07, 6.45) is -0.559. The lowest BCUT2D eigenvalue weighted by molar-refractivity contribution is -0.124. The van der Waals surface area contributed by atoms with Crippen molar-refractivity contribution in [3.05, 3.63) is 24.0 Å². The van der Waals surface area contributed by atoms with Gasteiger partial charge in [-0.15, -0.1) is 0 Å². The molecule has 16 heavy (non-hydrogen) atoms. The van der Waals surface area contributed by atoms with Gasteiger partial charge in [-0.1, -0.05) is 0 Å². The van der Waals surface area contributed by atoms with Crippen LogP contribution in [0.3, 0.4) is 0 Å². The Bertz CT molecular complexity index is 381. The van der Waals surface area contributed by atoms with Crippen LogP contribution in [-0.2, 0) is 9.53 Å². The first-order chi connectivity index (χ1) is 7.58. The highest BCUT2D eigenvalue weighted by molar-refractivity contribution is 5.94. The summed E-state index contributed by atoms with van der Waals surface area (Å²) in [5.74, 6) is -0.681. The van der Waals surface area contributed by atoms with Gasteiger partial charge < -0.3 is 14.8 Å². The Hall–Kier alpha value is -1.62. The van der Waals surface area contributed by atoms with Crippen LogP contribution in [0.4, 0.5) is 10.1 Å². The largest absolute Gasteiger partial charge is 0.494 e. The molecule has 0 aromatic heterocycles. The third-order valence-electron chi connectivity index (χ3n) is 2.14. The second kappa shape index (κ2) is 5.46. The summed E-state index contributed by atoms with van der Waals surface area (Å²) in [6, 6.07) is 4.10. The van der Waals surface area contributed by atoms with Gasteiger partial charge in [0.1, 0.15) is 6.10 Å². The molecule has 88 valence electrons. The third kappa shape index (κ3) is 2.93. The number of anilines is 1. The number of rotatable bonds is 4. The van der Waals surface area contributed by atoms with E-state index in [1.54, 1.807) is 6.92 Å². The number of methoxy groups -OCH3 is 2. The van der Waals surface area contributed by atoms with Crippen molar-refractivity contribution >= 4 is 11.6 Å². The summed E-state index contributed by atoms with van der Waals surface area (Å²) in [4.78, 5) is 11.5. The van der Waals surface area contributed by atoms with Gasteiger partial charge in [0.15, 0.2) is 11.6 Å². The molecule has 1 atom stereocenters. The number of halogens is 1. The standard InChI is InChI=1S/C11H14FNO3/c1-7(15-2)11(14)13-8-4-5-9(12)10(6-8)16-3/h4-7H,1-3H3,(H,13,14). The molecule has 0 fully saturated rings. The molecule has 0 bridgehead atoms. The van der Waals surface area contributed by atoms with E-state index < -0.39 is 11.9 Å². The van der Waals surface area contributed by atoms with Crippen molar-refractivity contribution in [2.75, 3.05) is 19.5 Å². The van der Waals surface area contributed by atoms with E-state index in [1.807, 2.05) is 0 Å². The van der Waals surface area contributed by atoms with Gasteiger partial charge >= 0.3 is 0 Å². The number of carbonyl (C=O) groups is 1. The van der Waals surface area contributed by atoms with Crippen molar-refractivity contribution in [2.45, 2.75) is 13.0 Å². The highest BCUT2D eigenvalue weighted by Crippen LogP contribution is 2.21. The van der Waals surface area contributed by atoms with E-state index in [-0.39, 0.29) is 11.7 Å². The molecule has 1 unspecified atom stereocenters. The monoisotopic (exact) mass is 227 g/mol. The van der Waals surface area contributed by atoms with E-state index in [1.165, 1.54) is 32.4 Å². The maximum Gasteiger partial charge on any atom is 0.253 e. The van der Waals surface area contributed by atoms with Crippen LogP contribution in [0.5, 0.6) is 5.75 Å². The summed E-state index contributed by atoms with van der Waals surface area (Å²) in [5, 5.41) is 2.58. The number of ether oxygens (including phenoxy) is 2. The molecule has 0 aliphatic rings. The third-order valence-corrected chi connectivity index (χ3v) is 2.14. The van der Waals surface area contributed by atoms with Crippen LogP contribution >= 0.6 is 0 Å². The fourth-order valence-corrected chi connectivity index (χ4v) is 1.09. The van der Waals surface area contributed by atoms with Gasteiger partial charge in [-0.3, -0.25) is 4.79 Å². The molecule has 0 aliphatic carbocycles. The van der Waals surface area contributed by atoms with E-state index in [0.717, 1.165) is 0 Å². The predicted octanol–water partition coefficient (Wildman–Crippen LogP) is 1.81. The molecule has 5 heteroatoms. The summed E-state index contributed by atoms with van der Waals surface area (Å²) in [7, 11) is 2.80. The summed E-state index contributed by atoms with van der Waals surface area (Å²) >= 11 is 0. The van der Waals surface area contributed by atoms with Crippen LogP contribution in [-0.4, -0.2) is 26.2 Å². The summed E-state index contributed by atoms with van der Waals surface area (Å²) in [5.41, 5.74) is 0.465. The minimum absolute atomic E-state index is 0.0860. The number of amides is 1. The molecule has 1 aromatic carbocycles. The predicted molar refractivity (Wildman–Crippen MR) is 58.1 cm³/mol. The van der Waals surface area contributed by atoms with Crippen LogP contribution in [0.25, 0.3) is 0 Å². The Morgan fingerprint density at radius 2 is 2.12 bits per heavy atom. The molecule has 0 aliphatic heterocycles. The number of hydrogen-bond donors (Lipinski definition) is 1. The molecule has 0 heterocycles. The molecule has 0 spiro atoms. The van der Waals surface area contributed by atoms with E-state index in [4.69, 9.17) is 9.47 Å². The zero-order valence-electron chi connectivity index (χ0n) is 9.41. The van der Waals surface area contributed by atoms with Gasteiger partial charge in [0, 0.05) is 18.9 Å². The van der Waals surface area contributed by atoms with Crippen LogP contribution in [0, 0.1) is 5.82 Å². The molecule has 1 rings (SSSR count). The summed E-state index contributed by atoms with van der Waals surface area (Å²) < 4.78 is 22.7. The first kappa shape index (κ1) is 12.4. The Balaban J connectivity index is 2.78. The lowest BCUT2D eigenvalue weighted by Gasteiger charge is -2.11. The van der Waals surface area contributed by atoms with Crippen LogP contribution in [0.1, 0.15) is 6.92 Å². The SMILES string of the molecule is COc1cc(NC(=O)C(C)OC)ccc1F. The van der Waals surface area contributed by atoms with Gasteiger partial charge in [0.2, 0.25) is 0 Å². The molecule has 1 N–H and O–H groups in total. The first-order valence-electron chi connectivity index (χ1n) is 4.75. The van der Waals surface area contributed by atoms with Gasteiger partial charge in [-0.25, -0.2) is 4.39 Å². The highest BCUT2D eigenvalue weighted by Gasteiger charge is 2.12. The van der Waals surface area contributed by atoms with Crippen LogP contribution < -0.4 is 10.1 Å². The smallest absolute Gasteiger partial charge is 0.253 e. The average Bonchev–Trinajstić information content (AvgIpc) is 2.30. The maximum absolute atomic E-state index is 13.1. The van der Waals surface area contributed by atoms with Crippen molar-refractivity contribution < 1.29 is 18.7 Å². The zero-order valence-corrected chi connectivity index (χ0v) is 9.41. The highest BCUT2D eigenvalue weighted by atomic mass is 19.1.